The predicted octanol–water partition coefficient (Wildman–Crippen LogP) is 8.38. The van der Waals surface area contributed by atoms with Crippen molar-refractivity contribution in [2.45, 2.75) is 38.5 Å². The second-order valence-corrected chi connectivity index (χ2v) is 11.7. The molecule has 0 amide bonds. The number of aryl methyl sites for hydroxylation is 3. The zero-order chi connectivity index (χ0) is 28.2. The van der Waals surface area contributed by atoms with Crippen molar-refractivity contribution in [2.75, 3.05) is 0 Å². The van der Waals surface area contributed by atoms with Crippen LogP contribution in [0.1, 0.15) is 52.8 Å². The third-order valence-corrected chi connectivity index (χ3v) is 9.06. The number of hydrogen-bond donors (Lipinski definition) is 2. The van der Waals surface area contributed by atoms with E-state index >= 15 is 8.63 Å². The minimum atomic E-state index is -3.78. The van der Waals surface area contributed by atoms with Gasteiger partial charge in [0.05, 0.1) is 21.3 Å². The van der Waals surface area contributed by atoms with Crippen LogP contribution in [0.3, 0.4) is 0 Å². The zero-order valence-corrected chi connectivity index (χ0v) is 23.8. The van der Waals surface area contributed by atoms with Gasteiger partial charge in [0.15, 0.2) is 11.4 Å². The highest BCUT2D eigenvalue weighted by molar-refractivity contribution is 6.39. The number of aromatic hydroxyl groups is 1. The number of nitrogens with one attached hydrogen (secondary N) is 1. The first kappa shape index (κ1) is 26.3. The normalized spacial score (nSPS) is 17.3. The van der Waals surface area contributed by atoms with E-state index in [-0.39, 0.29) is 15.8 Å². The van der Waals surface area contributed by atoms with Gasteiger partial charge in [-0.2, -0.15) is 0 Å². The van der Waals surface area contributed by atoms with E-state index in [0.29, 0.717) is 34.7 Å². The van der Waals surface area contributed by atoms with Crippen LogP contribution in [0.4, 0.5) is 8.63 Å². The van der Waals surface area contributed by atoms with Crippen LogP contribution in [-0.2, 0) is 19.3 Å². The average Bonchev–Trinajstić information content (AvgIpc) is 3.42. The topological polar surface area (TPSA) is 39.0 Å². The molecule has 0 radical (unpaired) electrons. The molecular weight excluding hydrogens is 560 g/mol. The van der Waals surface area contributed by atoms with Crippen molar-refractivity contribution in [3.63, 3.8) is 0 Å². The van der Waals surface area contributed by atoms with E-state index in [2.05, 4.69) is 23.2 Å². The van der Waals surface area contributed by atoms with Gasteiger partial charge in [-0.3, -0.25) is 0 Å². The second-order valence-electron chi connectivity index (χ2n) is 10.9. The van der Waals surface area contributed by atoms with E-state index in [1.165, 1.54) is 22.2 Å². The molecule has 206 valence electrons. The highest BCUT2D eigenvalue weighted by Crippen LogP contribution is 2.44. The number of allylic oxidation sites excluding steroid dienone is 2. The summed E-state index contributed by atoms with van der Waals surface area (Å²) in [4.78, 5) is 3.61. The van der Waals surface area contributed by atoms with Gasteiger partial charge < -0.3 is 23.2 Å². The Balaban J connectivity index is 1.56. The summed E-state index contributed by atoms with van der Waals surface area (Å²) in [6.45, 7) is 0. The molecule has 1 aromatic heterocycles. The van der Waals surface area contributed by atoms with Crippen LogP contribution in [0, 0.1) is 0 Å². The third kappa shape index (κ3) is 4.45. The first-order chi connectivity index (χ1) is 19.9. The average molecular weight is 587 g/mol. The molecule has 1 aliphatic heterocycles. The fraction of sp³-hybridized carbons (Fsp3) is 0.182. The number of hydrogen-bond acceptors (Lipinski definition) is 1. The molecule has 0 fully saturated rings. The van der Waals surface area contributed by atoms with E-state index in [4.69, 9.17) is 23.2 Å². The van der Waals surface area contributed by atoms with Crippen molar-refractivity contribution in [2.24, 2.45) is 0 Å². The number of aromatic nitrogens is 1. The Morgan fingerprint density at radius 3 is 2.12 bits per heavy atom. The Bertz CT molecular complexity index is 1800. The Labute approximate surface area is 247 Å². The minimum absolute atomic E-state index is 0.0844. The van der Waals surface area contributed by atoms with Crippen molar-refractivity contribution in [1.82, 2.24) is 4.98 Å². The predicted molar refractivity (Wildman–Crippen MR) is 164 cm³/mol. The Hall–Kier alpha value is -3.61. The van der Waals surface area contributed by atoms with Crippen LogP contribution in [-0.4, -0.2) is 27.7 Å². The summed E-state index contributed by atoms with van der Waals surface area (Å²) >= 11 is 13.5. The molecule has 0 saturated heterocycles. The zero-order valence-electron chi connectivity index (χ0n) is 22.3. The van der Waals surface area contributed by atoms with E-state index in [1.54, 1.807) is 0 Å². The summed E-state index contributed by atoms with van der Waals surface area (Å²) in [5.74, 6) is -0.0844. The van der Waals surface area contributed by atoms with Gasteiger partial charge in [-0.25, -0.2) is 0 Å². The Kier molecular flexibility index (Phi) is 6.64. The standard InChI is InChI=1S/C33H27BCl2F2N2O/c35-26-17-23(41)18-27(36)30(26)31(28-15-21-11-5-9-19-7-1-3-13-24(19)32(21)39-28)29-16-22-12-6-10-20-8-2-4-14-25(20)33(22)40(29)34(37)38/h1-4,7-8,13-18,34,39,41H,5-6,9-12H2/b31-29+. The molecule has 0 unspecified atom stereocenters. The van der Waals surface area contributed by atoms with Crippen molar-refractivity contribution < 1.29 is 18.2 Å². The molecule has 4 aromatic rings. The number of rotatable bonds is 3. The summed E-state index contributed by atoms with van der Waals surface area (Å²) in [5.41, 5.74) is 9.83. The summed E-state index contributed by atoms with van der Waals surface area (Å²) in [6, 6.07) is 21.0. The summed E-state index contributed by atoms with van der Waals surface area (Å²) in [5, 5.41) is 10.6. The molecule has 0 saturated carbocycles. The number of benzene rings is 3. The number of fused-ring (bicyclic) bond motifs is 6. The molecule has 0 atom stereocenters. The lowest BCUT2D eigenvalue weighted by Crippen LogP contribution is -2.27. The Morgan fingerprint density at radius 1 is 0.805 bits per heavy atom. The molecule has 7 rings (SSSR count). The van der Waals surface area contributed by atoms with Gasteiger partial charge in [0.2, 0.25) is 0 Å². The molecule has 2 aliphatic carbocycles. The maximum Gasteiger partial charge on any atom is 0.602 e. The first-order valence-electron chi connectivity index (χ1n) is 14.0. The number of nitrogens with zero attached hydrogens (tertiary/aromatic N) is 1. The van der Waals surface area contributed by atoms with Gasteiger partial charge in [0.1, 0.15) is 5.75 Å². The largest absolute Gasteiger partial charge is 0.602 e. The molecule has 3 aliphatic rings. The molecule has 3 nitrogen and oxygen atoms in total. The molecule has 0 bridgehead atoms. The molecular formula is C33H27BCl2F2N2O. The van der Waals surface area contributed by atoms with Crippen molar-refractivity contribution in [3.8, 4) is 17.0 Å². The highest BCUT2D eigenvalue weighted by atomic mass is 35.5. The fourth-order valence-electron chi connectivity index (χ4n) is 6.73. The van der Waals surface area contributed by atoms with Crippen LogP contribution >= 0.6 is 23.2 Å². The first-order valence-corrected chi connectivity index (χ1v) is 14.8. The van der Waals surface area contributed by atoms with Gasteiger partial charge in [-0.15, -0.1) is 0 Å². The molecule has 8 heteroatoms. The SMILES string of the molecule is Oc1cc(Cl)c(/C(=C2\C=C3CCCc4ccccc4C3=[N+]2[BH-](F)F)c2cc3c([nH]2)-c2ccccc2CCC3)c(Cl)c1. The van der Waals surface area contributed by atoms with Crippen molar-refractivity contribution in [3.05, 3.63) is 128 Å². The lowest BCUT2D eigenvalue weighted by Gasteiger charge is -2.18. The quantitative estimate of drug-likeness (QED) is 0.232. The monoisotopic (exact) mass is 586 g/mol. The number of halogens is 4. The van der Waals surface area contributed by atoms with E-state index in [0.717, 1.165) is 65.6 Å². The number of phenolic OH excluding ortho intramolecular Hbond substituents is 1. The molecule has 2 heterocycles. The van der Waals surface area contributed by atoms with Crippen LogP contribution < -0.4 is 0 Å². The lowest BCUT2D eigenvalue weighted by atomic mass is 9.97. The third-order valence-electron chi connectivity index (χ3n) is 8.46. The maximum absolute atomic E-state index is 15.3. The maximum atomic E-state index is 15.3. The van der Waals surface area contributed by atoms with Gasteiger partial charge in [-0.05, 0) is 79.5 Å². The van der Waals surface area contributed by atoms with Gasteiger partial charge in [0.25, 0.3) is 0 Å². The number of aromatic amines is 1. The van der Waals surface area contributed by atoms with Gasteiger partial charge in [0, 0.05) is 34.0 Å². The van der Waals surface area contributed by atoms with Crippen LogP contribution in [0.5, 0.6) is 5.75 Å². The second kappa shape index (κ2) is 10.3. The van der Waals surface area contributed by atoms with Crippen molar-refractivity contribution in [1.29, 1.82) is 0 Å². The van der Waals surface area contributed by atoms with Gasteiger partial charge >= 0.3 is 7.40 Å². The smallest absolute Gasteiger partial charge is 0.508 e. The van der Waals surface area contributed by atoms with Crippen LogP contribution in [0.15, 0.2) is 84.1 Å². The Morgan fingerprint density at radius 2 is 1.41 bits per heavy atom. The highest BCUT2D eigenvalue weighted by Gasteiger charge is 2.38. The fourth-order valence-corrected chi connectivity index (χ4v) is 7.39. The van der Waals surface area contributed by atoms with E-state index in [1.807, 2.05) is 42.5 Å². The van der Waals surface area contributed by atoms with Gasteiger partial charge in [-0.1, -0.05) is 65.7 Å². The molecule has 3 aromatic carbocycles. The van der Waals surface area contributed by atoms with Crippen molar-refractivity contribution >= 4 is 41.9 Å². The summed E-state index contributed by atoms with van der Waals surface area (Å²) < 4.78 is 31.9. The van der Waals surface area contributed by atoms with E-state index < -0.39 is 7.40 Å². The van der Waals surface area contributed by atoms with E-state index in [9.17, 15) is 5.11 Å². The molecule has 2 N–H and O–H groups in total. The minimum Gasteiger partial charge on any atom is -0.508 e. The lowest BCUT2D eigenvalue weighted by molar-refractivity contribution is -0.340. The molecule has 41 heavy (non-hydrogen) atoms. The number of H-pyrrole nitrogens is 1. The number of phenols is 1. The van der Waals surface area contributed by atoms with Crippen LogP contribution in [0.25, 0.3) is 16.8 Å². The van der Waals surface area contributed by atoms with Crippen LogP contribution in [0.2, 0.25) is 10.0 Å². The molecule has 0 spiro atoms. The summed E-state index contributed by atoms with van der Waals surface area (Å²) in [6.07, 6.45) is 7.11. The summed E-state index contributed by atoms with van der Waals surface area (Å²) in [7, 11) is -3.78.